The molecule has 2 aromatic rings. The summed E-state index contributed by atoms with van der Waals surface area (Å²) in [6, 6.07) is 8.07. The molecule has 8 heteroatoms. The normalized spacial score (nSPS) is 19.0. The second-order valence-electron chi connectivity index (χ2n) is 5.47. The van der Waals surface area contributed by atoms with Crippen LogP contribution in [0.15, 0.2) is 47.8 Å². The summed E-state index contributed by atoms with van der Waals surface area (Å²) in [7, 11) is -2.00. The van der Waals surface area contributed by atoms with Gasteiger partial charge >= 0.3 is 0 Å². The van der Waals surface area contributed by atoms with Gasteiger partial charge in [-0.25, -0.2) is 18.4 Å². The number of hydrogen-bond donors (Lipinski definition) is 0. The zero-order valence-corrected chi connectivity index (χ0v) is 14.1. The van der Waals surface area contributed by atoms with Crippen LogP contribution in [0.5, 0.6) is 11.6 Å². The summed E-state index contributed by atoms with van der Waals surface area (Å²) < 4.78 is 37.9. The van der Waals surface area contributed by atoms with E-state index in [-0.39, 0.29) is 11.0 Å². The van der Waals surface area contributed by atoms with E-state index in [0.29, 0.717) is 24.7 Å². The number of hydrogen-bond acceptors (Lipinski definition) is 6. The van der Waals surface area contributed by atoms with Crippen molar-refractivity contribution in [2.24, 2.45) is 0 Å². The molecule has 1 aromatic heterocycles. The molecule has 0 unspecified atom stereocenters. The first-order valence-electron chi connectivity index (χ1n) is 7.66. The zero-order valence-electron chi connectivity index (χ0n) is 13.3. The van der Waals surface area contributed by atoms with Crippen molar-refractivity contribution in [2.45, 2.75) is 23.8 Å². The third-order valence-electron chi connectivity index (χ3n) is 3.88. The summed E-state index contributed by atoms with van der Waals surface area (Å²) in [5.41, 5.74) is 0. The SMILES string of the molecule is COc1ccc(S(=O)(=O)N2CCC[C@H](Oc3ccncn3)C2)cc1. The van der Waals surface area contributed by atoms with Crippen LogP contribution in [0.25, 0.3) is 0 Å². The Morgan fingerprint density at radius 2 is 2.00 bits per heavy atom. The lowest BCUT2D eigenvalue weighted by Crippen LogP contribution is -2.44. The van der Waals surface area contributed by atoms with E-state index in [9.17, 15) is 8.42 Å². The first kappa shape index (κ1) is 16.7. The van der Waals surface area contributed by atoms with Crippen LogP contribution in [0.3, 0.4) is 0 Å². The van der Waals surface area contributed by atoms with Crippen molar-refractivity contribution >= 4 is 10.0 Å². The minimum atomic E-state index is -3.55. The van der Waals surface area contributed by atoms with Gasteiger partial charge in [-0.05, 0) is 37.1 Å². The first-order valence-corrected chi connectivity index (χ1v) is 9.10. The van der Waals surface area contributed by atoms with Crippen LogP contribution >= 0.6 is 0 Å². The van der Waals surface area contributed by atoms with Gasteiger partial charge in [0.1, 0.15) is 18.2 Å². The van der Waals surface area contributed by atoms with Crippen LogP contribution in [-0.4, -0.2) is 49.0 Å². The average Bonchev–Trinajstić information content (AvgIpc) is 2.63. The van der Waals surface area contributed by atoms with E-state index in [1.54, 1.807) is 43.6 Å². The van der Waals surface area contributed by atoms with Gasteiger partial charge in [-0.1, -0.05) is 0 Å². The topological polar surface area (TPSA) is 81.6 Å². The number of piperidine rings is 1. The summed E-state index contributed by atoms with van der Waals surface area (Å²) in [5.74, 6) is 1.08. The molecule has 1 aliphatic heterocycles. The molecule has 0 saturated carbocycles. The van der Waals surface area contributed by atoms with Crippen molar-refractivity contribution in [3.05, 3.63) is 42.9 Å². The summed E-state index contributed by atoms with van der Waals surface area (Å²) in [6.45, 7) is 0.788. The monoisotopic (exact) mass is 349 g/mol. The lowest BCUT2D eigenvalue weighted by molar-refractivity contribution is 0.124. The second-order valence-corrected chi connectivity index (χ2v) is 7.41. The van der Waals surface area contributed by atoms with Gasteiger partial charge in [-0.15, -0.1) is 0 Å². The molecule has 1 atom stereocenters. The fraction of sp³-hybridized carbons (Fsp3) is 0.375. The fourth-order valence-corrected chi connectivity index (χ4v) is 4.15. The Kier molecular flexibility index (Phi) is 4.96. The van der Waals surface area contributed by atoms with E-state index >= 15 is 0 Å². The highest BCUT2D eigenvalue weighted by Crippen LogP contribution is 2.24. The highest BCUT2D eigenvalue weighted by molar-refractivity contribution is 7.89. The van der Waals surface area contributed by atoms with Gasteiger partial charge in [0.15, 0.2) is 0 Å². The Bertz CT molecular complexity index is 766. The van der Waals surface area contributed by atoms with Crippen molar-refractivity contribution < 1.29 is 17.9 Å². The predicted octanol–water partition coefficient (Wildman–Crippen LogP) is 1.72. The maximum absolute atomic E-state index is 12.8. The number of benzene rings is 1. The van der Waals surface area contributed by atoms with Gasteiger partial charge in [-0.2, -0.15) is 4.31 Å². The van der Waals surface area contributed by atoms with Crippen LogP contribution in [-0.2, 0) is 10.0 Å². The van der Waals surface area contributed by atoms with Crippen LogP contribution < -0.4 is 9.47 Å². The average molecular weight is 349 g/mol. The molecular formula is C16H19N3O4S. The summed E-state index contributed by atoms with van der Waals surface area (Å²) >= 11 is 0. The second kappa shape index (κ2) is 7.14. The van der Waals surface area contributed by atoms with Gasteiger partial charge in [0.2, 0.25) is 15.9 Å². The molecule has 24 heavy (non-hydrogen) atoms. The van der Waals surface area contributed by atoms with Gasteiger partial charge in [0.05, 0.1) is 18.6 Å². The van der Waals surface area contributed by atoms with E-state index in [1.165, 1.54) is 10.6 Å². The standard InChI is InChI=1S/C16H19N3O4S/c1-22-13-4-6-15(7-5-13)24(20,21)19-10-2-3-14(11-19)23-16-8-9-17-12-18-16/h4-9,12,14H,2-3,10-11H2,1H3/t14-/m0/s1. The number of rotatable bonds is 5. The molecule has 0 N–H and O–H groups in total. The maximum atomic E-state index is 12.8. The molecule has 0 amide bonds. The lowest BCUT2D eigenvalue weighted by atomic mass is 10.1. The lowest BCUT2D eigenvalue weighted by Gasteiger charge is -2.31. The largest absolute Gasteiger partial charge is 0.497 e. The van der Waals surface area contributed by atoms with Gasteiger partial charge in [-0.3, -0.25) is 0 Å². The third kappa shape index (κ3) is 3.65. The molecule has 1 saturated heterocycles. The Morgan fingerprint density at radius 3 is 2.67 bits per heavy atom. The summed E-state index contributed by atoms with van der Waals surface area (Å²) in [5, 5.41) is 0. The number of aromatic nitrogens is 2. The number of nitrogens with zero attached hydrogens (tertiary/aromatic N) is 3. The Balaban J connectivity index is 1.73. The van der Waals surface area contributed by atoms with Crippen molar-refractivity contribution in [3.8, 4) is 11.6 Å². The Labute approximate surface area is 141 Å². The molecule has 0 radical (unpaired) electrons. The predicted molar refractivity (Wildman–Crippen MR) is 87.4 cm³/mol. The molecular weight excluding hydrogens is 330 g/mol. The molecule has 0 spiro atoms. The number of ether oxygens (including phenoxy) is 2. The minimum Gasteiger partial charge on any atom is -0.497 e. The van der Waals surface area contributed by atoms with Gasteiger partial charge < -0.3 is 9.47 Å². The Hall–Kier alpha value is -2.19. The van der Waals surface area contributed by atoms with Gasteiger partial charge in [0, 0.05) is 18.8 Å². The van der Waals surface area contributed by atoms with E-state index in [4.69, 9.17) is 9.47 Å². The molecule has 7 nitrogen and oxygen atoms in total. The quantitative estimate of drug-likeness (QED) is 0.817. The maximum Gasteiger partial charge on any atom is 0.243 e. The van der Waals surface area contributed by atoms with Crippen LogP contribution in [0.1, 0.15) is 12.8 Å². The van der Waals surface area contributed by atoms with Crippen LogP contribution in [0, 0.1) is 0 Å². The van der Waals surface area contributed by atoms with Crippen LogP contribution in [0.4, 0.5) is 0 Å². The highest BCUT2D eigenvalue weighted by atomic mass is 32.2. The molecule has 3 rings (SSSR count). The third-order valence-corrected chi connectivity index (χ3v) is 5.76. The fourth-order valence-electron chi connectivity index (χ4n) is 2.64. The highest BCUT2D eigenvalue weighted by Gasteiger charge is 2.31. The molecule has 0 aliphatic carbocycles. The minimum absolute atomic E-state index is 0.221. The smallest absolute Gasteiger partial charge is 0.243 e. The summed E-state index contributed by atoms with van der Waals surface area (Å²) in [4.78, 5) is 8.12. The molecule has 1 aromatic carbocycles. The number of methoxy groups -OCH3 is 1. The van der Waals surface area contributed by atoms with Crippen molar-refractivity contribution in [3.63, 3.8) is 0 Å². The summed E-state index contributed by atoms with van der Waals surface area (Å²) in [6.07, 6.45) is 4.31. The van der Waals surface area contributed by atoms with Crippen molar-refractivity contribution in [1.82, 2.24) is 14.3 Å². The van der Waals surface area contributed by atoms with Gasteiger partial charge in [0.25, 0.3) is 0 Å². The molecule has 0 bridgehead atoms. The Morgan fingerprint density at radius 1 is 1.21 bits per heavy atom. The van der Waals surface area contributed by atoms with Crippen molar-refractivity contribution in [2.75, 3.05) is 20.2 Å². The molecule has 1 fully saturated rings. The molecule has 2 heterocycles. The van der Waals surface area contributed by atoms with Crippen molar-refractivity contribution in [1.29, 1.82) is 0 Å². The number of sulfonamides is 1. The molecule has 1 aliphatic rings. The van der Waals surface area contributed by atoms with E-state index in [2.05, 4.69) is 9.97 Å². The van der Waals surface area contributed by atoms with E-state index < -0.39 is 10.0 Å². The van der Waals surface area contributed by atoms with E-state index in [1.807, 2.05) is 0 Å². The zero-order chi connectivity index (χ0) is 17.0. The van der Waals surface area contributed by atoms with E-state index in [0.717, 1.165) is 12.8 Å². The molecule has 128 valence electrons. The van der Waals surface area contributed by atoms with Crippen LogP contribution in [0.2, 0.25) is 0 Å². The first-order chi connectivity index (χ1) is 11.6.